The molecule has 0 amide bonds. The first kappa shape index (κ1) is 16.7. The maximum Gasteiger partial charge on any atom is 0.316 e. The van der Waals surface area contributed by atoms with Crippen LogP contribution in [0, 0.1) is 0 Å². The van der Waals surface area contributed by atoms with Crippen molar-refractivity contribution in [2.24, 2.45) is 0 Å². The van der Waals surface area contributed by atoms with Crippen molar-refractivity contribution in [3.8, 4) is 0 Å². The standard InChI is InChI=1S/C17H26O3/c1-3-5-7-12-15(4-2)20-17(19)16(13-18)14-10-8-6-9-11-14/h6,8-11,15-16,18H,3-5,7,12-13H2,1-2H3. The summed E-state index contributed by atoms with van der Waals surface area (Å²) in [5.74, 6) is -0.890. The molecular formula is C17H26O3. The zero-order valence-electron chi connectivity index (χ0n) is 12.5. The molecule has 0 saturated heterocycles. The molecule has 20 heavy (non-hydrogen) atoms. The third-order valence-electron chi connectivity index (χ3n) is 3.54. The van der Waals surface area contributed by atoms with Gasteiger partial charge in [0.15, 0.2) is 0 Å². The monoisotopic (exact) mass is 278 g/mol. The summed E-state index contributed by atoms with van der Waals surface area (Å²) in [5, 5.41) is 9.45. The van der Waals surface area contributed by atoms with Crippen LogP contribution in [-0.2, 0) is 9.53 Å². The van der Waals surface area contributed by atoms with Gasteiger partial charge in [0.05, 0.1) is 6.61 Å². The van der Waals surface area contributed by atoms with Crippen molar-refractivity contribution in [3.05, 3.63) is 35.9 Å². The highest BCUT2D eigenvalue weighted by molar-refractivity contribution is 5.78. The van der Waals surface area contributed by atoms with Gasteiger partial charge < -0.3 is 9.84 Å². The maximum absolute atomic E-state index is 12.2. The first-order valence-corrected chi connectivity index (χ1v) is 7.59. The van der Waals surface area contributed by atoms with E-state index >= 15 is 0 Å². The average Bonchev–Trinajstić information content (AvgIpc) is 2.48. The lowest BCUT2D eigenvalue weighted by atomic mass is 10.00. The van der Waals surface area contributed by atoms with Crippen LogP contribution in [0.25, 0.3) is 0 Å². The van der Waals surface area contributed by atoms with Crippen LogP contribution in [-0.4, -0.2) is 23.8 Å². The minimum Gasteiger partial charge on any atom is -0.462 e. The van der Waals surface area contributed by atoms with E-state index in [0.717, 1.165) is 37.7 Å². The Kier molecular flexibility index (Phi) is 7.97. The molecule has 2 unspecified atom stereocenters. The van der Waals surface area contributed by atoms with Gasteiger partial charge in [-0.3, -0.25) is 4.79 Å². The quantitative estimate of drug-likeness (QED) is 0.554. The van der Waals surface area contributed by atoms with Crippen LogP contribution in [0.3, 0.4) is 0 Å². The van der Waals surface area contributed by atoms with E-state index < -0.39 is 5.92 Å². The molecule has 1 N–H and O–H groups in total. The van der Waals surface area contributed by atoms with Crippen molar-refractivity contribution in [1.29, 1.82) is 0 Å². The van der Waals surface area contributed by atoms with Crippen molar-refractivity contribution in [2.45, 2.75) is 58.0 Å². The molecule has 0 saturated carbocycles. The van der Waals surface area contributed by atoms with E-state index in [1.54, 1.807) is 0 Å². The Morgan fingerprint density at radius 1 is 1.20 bits per heavy atom. The number of carbonyl (C=O) groups excluding carboxylic acids is 1. The Balaban J connectivity index is 2.57. The normalized spacial score (nSPS) is 13.8. The van der Waals surface area contributed by atoms with Crippen LogP contribution >= 0.6 is 0 Å². The van der Waals surface area contributed by atoms with E-state index in [0.29, 0.717) is 0 Å². The lowest BCUT2D eigenvalue weighted by molar-refractivity contribution is -0.152. The first-order valence-electron chi connectivity index (χ1n) is 7.59. The molecule has 0 bridgehead atoms. The van der Waals surface area contributed by atoms with E-state index in [4.69, 9.17) is 4.74 Å². The molecule has 0 spiro atoms. The molecule has 1 rings (SSSR count). The van der Waals surface area contributed by atoms with Gasteiger partial charge in [-0.25, -0.2) is 0 Å². The van der Waals surface area contributed by atoms with Gasteiger partial charge in [0, 0.05) is 0 Å². The number of carbonyl (C=O) groups is 1. The lowest BCUT2D eigenvalue weighted by Gasteiger charge is -2.20. The number of esters is 1. The molecular weight excluding hydrogens is 252 g/mol. The van der Waals surface area contributed by atoms with E-state index in [9.17, 15) is 9.90 Å². The minimum absolute atomic E-state index is 0.0354. The van der Waals surface area contributed by atoms with Crippen LogP contribution in [0.5, 0.6) is 0 Å². The molecule has 3 heteroatoms. The van der Waals surface area contributed by atoms with Gasteiger partial charge in [-0.15, -0.1) is 0 Å². The maximum atomic E-state index is 12.2. The molecule has 0 heterocycles. The summed E-state index contributed by atoms with van der Waals surface area (Å²) in [6.07, 6.45) is 5.10. The Hall–Kier alpha value is -1.35. The Morgan fingerprint density at radius 3 is 2.45 bits per heavy atom. The summed E-state index contributed by atoms with van der Waals surface area (Å²) in [7, 11) is 0. The van der Waals surface area contributed by atoms with Crippen molar-refractivity contribution in [3.63, 3.8) is 0 Å². The van der Waals surface area contributed by atoms with Crippen LogP contribution in [0.15, 0.2) is 30.3 Å². The molecule has 0 aliphatic rings. The average molecular weight is 278 g/mol. The number of hydrogen-bond donors (Lipinski definition) is 1. The van der Waals surface area contributed by atoms with Crippen LogP contribution < -0.4 is 0 Å². The zero-order chi connectivity index (χ0) is 14.8. The molecule has 2 atom stereocenters. The fraction of sp³-hybridized carbons (Fsp3) is 0.588. The van der Waals surface area contributed by atoms with Crippen molar-refractivity contribution in [2.75, 3.05) is 6.61 Å². The number of rotatable bonds is 9. The van der Waals surface area contributed by atoms with Gasteiger partial charge in [-0.05, 0) is 24.8 Å². The fourth-order valence-electron chi connectivity index (χ4n) is 2.22. The van der Waals surface area contributed by atoms with Gasteiger partial charge in [-0.1, -0.05) is 57.0 Å². The zero-order valence-corrected chi connectivity index (χ0v) is 12.5. The summed E-state index contributed by atoms with van der Waals surface area (Å²) >= 11 is 0. The highest BCUT2D eigenvalue weighted by Crippen LogP contribution is 2.19. The molecule has 1 aromatic rings. The fourth-order valence-corrected chi connectivity index (χ4v) is 2.22. The van der Waals surface area contributed by atoms with Gasteiger partial charge in [0.2, 0.25) is 0 Å². The predicted molar refractivity (Wildman–Crippen MR) is 80.6 cm³/mol. The number of hydrogen-bond acceptors (Lipinski definition) is 3. The highest BCUT2D eigenvalue weighted by Gasteiger charge is 2.23. The van der Waals surface area contributed by atoms with E-state index in [2.05, 4.69) is 6.92 Å². The van der Waals surface area contributed by atoms with Crippen LogP contribution in [0.1, 0.15) is 57.4 Å². The molecule has 1 aromatic carbocycles. The smallest absolute Gasteiger partial charge is 0.316 e. The number of aliphatic hydroxyl groups excluding tert-OH is 1. The third kappa shape index (κ3) is 5.33. The molecule has 0 fully saturated rings. The number of ether oxygens (including phenoxy) is 1. The number of aliphatic hydroxyl groups is 1. The summed E-state index contributed by atoms with van der Waals surface area (Å²) < 4.78 is 5.55. The number of unbranched alkanes of at least 4 members (excludes halogenated alkanes) is 2. The summed E-state index contributed by atoms with van der Waals surface area (Å²) in [6, 6.07) is 9.32. The van der Waals surface area contributed by atoms with E-state index in [1.165, 1.54) is 0 Å². The Bertz CT molecular complexity index is 375. The topological polar surface area (TPSA) is 46.5 Å². The van der Waals surface area contributed by atoms with Gasteiger partial charge in [-0.2, -0.15) is 0 Å². The second-order valence-electron chi connectivity index (χ2n) is 5.11. The van der Waals surface area contributed by atoms with Crippen LogP contribution in [0.4, 0.5) is 0 Å². The molecule has 3 nitrogen and oxygen atoms in total. The minimum atomic E-state index is -0.573. The van der Waals surface area contributed by atoms with Crippen LogP contribution in [0.2, 0.25) is 0 Å². The lowest BCUT2D eigenvalue weighted by Crippen LogP contribution is -2.25. The molecule has 0 aromatic heterocycles. The van der Waals surface area contributed by atoms with Crippen molar-refractivity contribution < 1.29 is 14.6 Å². The van der Waals surface area contributed by atoms with Gasteiger partial charge in [0.25, 0.3) is 0 Å². The summed E-state index contributed by atoms with van der Waals surface area (Å²) in [4.78, 5) is 12.2. The third-order valence-corrected chi connectivity index (χ3v) is 3.54. The largest absolute Gasteiger partial charge is 0.462 e. The van der Waals surface area contributed by atoms with E-state index in [1.807, 2.05) is 37.3 Å². The summed E-state index contributed by atoms with van der Waals surface area (Å²) in [6.45, 7) is 3.97. The SMILES string of the molecule is CCCCCC(CC)OC(=O)C(CO)c1ccccc1. The number of benzene rings is 1. The second-order valence-corrected chi connectivity index (χ2v) is 5.11. The van der Waals surface area contributed by atoms with Gasteiger partial charge in [0.1, 0.15) is 12.0 Å². The first-order chi connectivity index (χ1) is 9.72. The highest BCUT2D eigenvalue weighted by atomic mass is 16.5. The molecule has 0 aliphatic heterocycles. The summed E-state index contributed by atoms with van der Waals surface area (Å²) in [5.41, 5.74) is 0.809. The Labute approximate surface area is 122 Å². The molecule has 0 radical (unpaired) electrons. The van der Waals surface area contributed by atoms with E-state index in [-0.39, 0.29) is 18.7 Å². The van der Waals surface area contributed by atoms with Crippen molar-refractivity contribution in [1.82, 2.24) is 0 Å². The predicted octanol–water partition coefficient (Wildman–Crippen LogP) is 3.66. The Morgan fingerprint density at radius 2 is 1.90 bits per heavy atom. The van der Waals surface area contributed by atoms with Crippen molar-refractivity contribution >= 4 is 5.97 Å². The molecule has 0 aliphatic carbocycles. The van der Waals surface area contributed by atoms with Gasteiger partial charge >= 0.3 is 5.97 Å². The molecule has 112 valence electrons. The second kappa shape index (κ2) is 9.54.